The van der Waals surface area contributed by atoms with E-state index in [9.17, 15) is 10.0 Å². The summed E-state index contributed by atoms with van der Waals surface area (Å²) in [5, 5.41) is 9.33. The molecule has 2 aliphatic rings. The topological polar surface area (TPSA) is 81.1 Å². The summed E-state index contributed by atoms with van der Waals surface area (Å²) in [7, 11) is 0. The second-order valence-corrected chi connectivity index (χ2v) is 2.62. The smallest absolute Gasteiger partial charge is 0.206 e. The van der Waals surface area contributed by atoms with Crippen molar-refractivity contribution in [3.63, 3.8) is 0 Å². The van der Waals surface area contributed by atoms with Crippen LogP contribution >= 0.6 is 0 Å². The molecule has 66 valence electrons. The van der Waals surface area contributed by atoms with Gasteiger partial charge in [-0.1, -0.05) is 0 Å². The Bertz CT molecular complexity index is 478. The Morgan fingerprint density at radius 1 is 1.46 bits per heavy atom. The first-order chi connectivity index (χ1) is 6.20. The third-order valence-electron chi connectivity index (χ3n) is 1.79. The zero-order chi connectivity index (χ0) is 9.42. The summed E-state index contributed by atoms with van der Waals surface area (Å²) in [6, 6.07) is 2.77. The van der Waals surface area contributed by atoms with E-state index in [1.54, 1.807) is 0 Å². The van der Waals surface area contributed by atoms with Crippen molar-refractivity contribution in [2.45, 2.75) is 0 Å². The lowest BCUT2D eigenvalue weighted by Crippen LogP contribution is -2.14. The van der Waals surface area contributed by atoms with Crippen molar-refractivity contribution in [1.82, 2.24) is 9.71 Å². The van der Waals surface area contributed by atoms with E-state index in [1.807, 2.05) is 0 Å². The minimum absolute atomic E-state index is 0.171. The minimum Gasteiger partial charge on any atom is -0.428 e. The molecule has 0 saturated heterocycles. The summed E-state index contributed by atoms with van der Waals surface area (Å²) in [5.74, 6) is 0. The van der Waals surface area contributed by atoms with E-state index in [2.05, 4.69) is 4.98 Å². The second-order valence-electron chi connectivity index (χ2n) is 2.62. The summed E-state index contributed by atoms with van der Waals surface area (Å²) in [4.78, 5) is 15.1. The third kappa shape index (κ3) is 1.01. The SMILES string of the molecule is Nc1ccc(=O)c2nccn(O)c1-2. The van der Waals surface area contributed by atoms with Crippen LogP contribution in [0.2, 0.25) is 0 Å². The first-order valence-corrected chi connectivity index (χ1v) is 3.65. The lowest BCUT2D eigenvalue weighted by atomic mass is 10.2. The standard InChI is InChI=1S/C8H7N3O2/c9-5-1-2-6(12)7-8(5)11(13)4-3-10-7/h1-4,13H,9H2. The molecule has 0 spiro atoms. The lowest BCUT2D eigenvalue weighted by Gasteiger charge is -2.09. The highest BCUT2D eigenvalue weighted by Crippen LogP contribution is 2.20. The summed E-state index contributed by atoms with van der Waals surface area (Å²) in [6.45, 7) is 0. The van der Waals surface area contributed by atoms with Crippen LogP contribution in [-0.4, -0.2) is 14.9 Å². The fourth-order valence-corrected chi connectivity index (χ4v) is 1.19. The number of fused-ring (bicyclic) bond motifs is 1. The quantitative estimate of drug-likeness (QED) is 0.444. The number of anilines is 1. The number of benzene rings is 1. The van der Waals surface area contributed by atoms with Crippen LogP contribution < -0.4 is 11.2 Å². The highest BCUT2D eigenvalue weighted by atomic mass is 16.5. The van der Waals surface area contributed by atoms with Gasteiger partial charge in [-0.15, -0.1) is 0 Å². The fourth-order valence-electron chi connectivity index (χ4n) is 1.19. The van der Waals surface area contributed by atoms with E-state index in [0.29, 0.717) is 5.69 Å². The molecule has 0 aromatic heterocycles. The Balaban J connectivity index is 2.96. The molecule has 0 radical (unpaired) electrons. The number of hydrogen-bond acceptors (Lipinski definition) is 4. The van der Waals surface area contributed by atoms with Crippen molar-refractivity contribution in [2.75, 3.05) is 5.73 Å². The molecule has 1 aliphatic carbocycles. The number of hydrogen-bond donors (Lipinski definition) is 2. The molecule has 5 heteroatoms. The maximum Gasteiger partial charge on any atom is 0.206 e. The van der Waals surface area contributed by atoms with Gasteiger partial charge in [0.05, 0.1) is 11.9 Å². The number of nitrogens with zero attached hydrogens (tertiary/aromatic N) is 2. The van der Waals surface area contributed by atoms with Crippen LogP contribution in [0.5, 0.6) is 0 Å². The predicted octanol–water partition coefficient (Wildman–Crippen LogP) is 0.168. The second kappa shape index (κ2) is 2.48. The summed E-state index contributed by atoms with van der Waals surface area (Å²) in [5.41, 5.74) is 6.05. The molecule has 2 rings (SSSR count). The van der Waals surface area contributed by atoms with E-state index in [1.165, 1.54) is 24.5 Å². The van der Waals surface area contributed by atoms with Crippen molar-refractivity contribution < 1.29 is 5.21 Å². The molecule has 0 amide bonds. The molecule has 1 heterocycles. The molecule has 0 unspecified atom stereocenters. The van der Waals surface area contributed by atoms with Gasteiger partial charge in [0.1, 0.15) is 11.4 Å². The van der Waals surface area contributed by atoms with Gasteiger partial charge in [0, 0.05) is 6.20 Å². The first kappa shape index (κ1) is 7.60. The van der Waals surface area contributed by atoms with Gasteiger partial charge in [-0.2, -0.15) is 4.73 Å². The molecular formula is C8H7N3O2. The average Bonchev–Trinajstić information content (AvgIpc) is 2.12. The van der Waals surface area contributed by atoms with Crippen molar-refractivity contribution in [3.05, 3.63) is 34.7 Å². The highest BCUT2D eigenvalue weighted by Gasteiger charge is 2.13. The maximum absolute atomic E-state index is 11.2. The normalized spacial score (nSPS) is 10.5. The maximum atomic E-state index is 11.2. The van der Waals surface area contributed by atoms with E-state index >= 15 is 0 Å². The van der Waals surface area contributed by atoms with Gasteiger partial charge in [-0.25, -0.2) is 4.98 Å². The molecule has 0 fully saturated rings. The molecule has 3 N–H and O–H groups in total. The van der Waals surface area contributed by atoms with Crippen molar-refractivity contribution >= 4 is 5.69 Å². The average molecular weight is 177 g/mol. The van der Waals surface area contributed by atoms with Crippen LogP contribution in [0.4, 0.5) is 5.69 Å². The van der Waals surface area contributed by atoms with Gasteiger partial charge in [0.25, 0.3) is 0 Å². The fraction of sp³-hybridized carbons (Fsp3) is 0. The van der Waals surface area contributed by atoms with E-state index in [-0.39, 0.29) is 16.8 Å². The Kier molecular flexibility index (Phi) is 1.45. The Hall–Kier alpha value is -2.04. The summed E-state index contributed by atoms with van der Waals surface area (Å²) >= 11 is 0. The van der Waals surface area contributed by atoms with Gasteiger partial charge in [-0.05, 0) is 12.1 Å². The zero-order valence-electron chi connectivity index (χ0n) is 6.64. The molecule has 0 aromatic carbocycles. The van der Waals surface area contributed by atoms with Gasteiger partial charge < -0.3 is 10.9 Å². The predicted molar refractivity (Wildman–Crippen MR) is 46.7 cm³/mol. The van der Waals surface area contributed by atoms with Crippen LogP contribution in [0.15, 0.2) is 29.3 Å². The number of rotatable bonds is 0. The summed E-state index contributed by atoms with van der Waals surface area (Å²) < 4.78 is 0.791. The highest BCUT2D eigenvalue weighted by molar-refractivity contribution is 5.70. The Morgan fingerprint density at radius 3 is 2.92 bits per heavy atom. The van der Waals surface area contributed by atoms with E-state index < -0.39 is 0 Å². The van der Waals surface area contributed by atoms with Gasteiger partial charge >= 0.3 is 0 Å². The molecule has 0 atom stereocenters. The molecule has 1 aliphatic heterocycles. The van der Waals surface area contributed by atoms with E-state index in [0.717, 1.165) is 4.73 Å². The molecule has 0 bridgehead atoms. The number of nitrogen functional groups attached to an aromatic ring is 1. The van der Waals surface area contributed by atoms with Crippen LogP contribution in [0.1, 0.15) is 0 Å². The molecule has 5 nitrogen and oxygen atoms in total. The van der Waals surface area contributed by atoms with Crippen LogP contribution in [-0.2, 0) is 0 Å². The molecule has 0 aromatic rings. The third-order valence-corrected chi connectivity index (χ3v) is 1.79. The largest absolute Gasteiger partial charge is 0.428 e. The van der Waals surface area contributed by atoms with Crippen LogP contribution in [0.25, 0.3) is 11.4 Å². The molecule has 13 heavy (non-hydrogen) atoms. The Morgan fingerprint density at radius 2 is 2.23 bits per heavy atom. The molecule has 0 saturated carbocycles. The van der Waals surface area contributed by atoms with Crippen molar-refractivity contribution in [1.29, 1.82) is 0 Å². The monoisotopic (exact) mass is 177 g/mol. The van der Waals surface area contributed by atoms with Crippen LogP contribution in [0, 0.1) is 0 Å². The van der Waals surface area contributed by atoms with Crippen molar-refractivity contribution in [2.24, 2.45) is 0 Å². The van der Waals surface area contributed by atoms with Gasteiger partial charge in [0.2, 0.25) is 5.43 Å². The first-order valence-electron chi connectivity index (χ1n) is 3.65. The summed E-state index contributed by atoms with van der Waals surface area (Å²) in [6.07, 6.45) is 2.65. The minimum atomic E-state index is -0.257. The lowest BCUT2D eigenvalue weighted by molar-refractivity contribution is 0.188. The zero-order valence-corrected chi connectivity index (χ0v) is 6.64. The Labute approximate surface area is 73.4 Å². The van der Waals surface area contributed by atoms with Gasteiger partial charge in [0.15, 0.2) is 0 Å². The van der Waals surface area contributed by atoms with Gasteiger partial charge in [-0.3, -0.25) is 4.79 Å². The number of aromatic nitrogens is 2. The van der Waals surface area contributed by atoms with Crippen molar-refractivity contribution in [3.8, 4) is 11.4 Å². The number of nitrogens with two attached hydrogens (primary N) is 1. The van der Waals surface area contributed by atoms with E-state index in [4.69, 9.17) is 5.73 Å². The molecular weight excluding hydrogens is 170 g/mol. The van der Waals surface area contributed by atoms with Crippen LogP contribution in [0.3, 0.4) is 0 Å².